The summed E-state index contributed by atoms with van der Waals surface area (Å²) < 4.78 is 5.21. The van der Waals surface area contributed by atoms with Gasteiger partial charge in [-0.3, -0.25) is 15.0 Å². The maximum atomic E-state index is 10.8. The molecule has 0 atom stereocenters. The SMILES string of the molecule is COc1ccc(-c2nc(CN3CCN(c4ccc([N+](=O)[O-])cc4)CC3)cs2)cc1. The van der Waals surface area contributed by atoms with Crippen LogP contribution >= 0.6 is 11.3 Å². The first kappa shape index (κ1) is 19.4. The van der Waals surface area contributed by atoms with Crippen molar-refractivity contribution in [2.45, 2.75) is 6.54 Å². The summed E-state index contributed by atoms with van der Waals surface area (Å²) in [5.41, 5.74) is 3.35. The molecule has 1 aliphatic rings. The smallest absolute Gasteiger partial charge is 0.269 e. The highest BCUT2D eigenvalue weighted by Gasteiger charge is 2.19. The molecule has 0 bridgehead atoms. The van der Waals surface area contributed by atoms with Crippen molar-refractivity contribution in [1.82, 2.24) is 9.88 Å². The zero-order chi connectivity index (χ0) is 20.2. The minimum absolute atomic E-state index is 0.128. The van der Waals surface area contributed by atoms with Crippen molar-refractivity contribution < 1.29 is 9.66 Å². The molecule has 0 spiro atoms. The van der Waals surface area contributed by atoms with E-state index in [0.717, 1.165) is 60.4 Å². The molecule has 1 fully saturated rings. The van der Waals surface area contributed by atoms with Gasteiger partial charge in [-0.25, -0.2) is 4.98 Å². The quantitative estimate of drug-likeness (QED) is 0.451. The lowest BCUT2D eigenvalue weighted by Gasteiger charge is -2.35. The molecule has 3 aromatic rings. The Morgan fingerprint density at radius 3 is 2.38 bits per heavy atom. The molecule has 2 heterocycles. The molecular weight excluding hydrogens is 388 g/mol. The van der Waals surface area contributed by atoms with Crippen molar-refractivity contribution in [2.24, 2.45) is 0 Å². The number of nitrogens with zero attached hydrogens (tertiary/aromatic N) is 4. The number of benzene rings is 2. The van der Waals surface area contributed by atoms with Crippen LogP contribution in [0.4, 0.5) is 11.4 Å². The van der Waals surface area contributed by atoms with Gasteiger partial charge in [0, 0.05) is 61.5 Å². The Labute approximate surface area is 173 Å². The second kappa shape index (κ2) is 8.59. The number of anilines is 1. The highest BCUT2D eigenvalue weighted by molar-refractivity contribution is 7.13. The average Bonchev–Trinajstić information content (AvgIpc) is 3.23. The highest BCUT2D eigenvalue weighted by atomic mass is 32.1. The molecule has 4 rings (SSSR count). The minimum atomic E-state index is -0.365. The third kappa shape index (κ3) is 4.55. The Morgan fingerprint density at radius 2 is 1.76 bits per heavy atom. The molecule has 8 heteroatoms. The summed E-state index contributed by atoms with van der Waals surface area (Å²) in [5.74, 6) is 0.844. The fraction of sp³-hybridized carbons (Fsp3) is 0.286. The van der Waals surface area contributed by atoms with Crippen molar-refractivity contribution in [3.63, 3.8) is 0 Å². The summed E-state index contributed by atoms with van der Waals surface area (Å²) in [6, 6.07) is 14.8. The zero-order valence-electron chi connectivity index (χ0n) is 16.2. The molecule has 1 aliphatic heterocycles. The largest absolute Gasteiger partial charge is 0.497 e. The molecule has 0 saturated carbocycles. The first-order valence-electron chi connectivity index (χ1n) is 9.43. The number of rotatable bonds is 6. The normalized spacial score (nSPS) is 14.7. The van der Waals surface area contributed by atoms with Crippen LogP contribution in [0.3, 0.4) is 0 Å². The fourth-order valence-corrected chi connectivity index (χ4v) is 4.24. The van der Waals surface area contributed by atoms with Gasteiger partial charge in [-0.05, 0) is 36.4 Å². The summed E-state index contributed by atoms with van der Waals surface area (Å²) in [4.78, 5) is 19.9. The summed E-state index contributed by atoms with van der Waals surface area (Å²) in [5, 5.41) is 13.9. The van der Waals surface area contributed by atoms with Crippen molar-refractivity contribution in [2.75, 3.05) is 38.2 Å². The maximum absolute atomic E-state index is 10.8. The molecule has 0 N–H and O–H groups in total. The van der Waals surface area contributed by atoms with Gasteiger partial charge < -0.3 is 9.64 Å². The minimum Gasteiger partial charge on any atom is -0.497 e. The number of non-ortho nitro benzene ring substituents is 1. The first-order chi connectivity index (χ1) is 14.1. The van der Waals surface area contributed by atoms with Crippen LogP contribution in [0.25, 0.3) is 10.6 Å². The van der Waals surface area contributed by atoms with Gasteiger partial charge in [-0.2, -0.15) is 0 Å². The van der Waals surface area contributed by atoms with Crippen molar-refractivity contribution in [3.8, 4) is 16.3 Å². The topological polar surface area (TPSA) is 71.7 Å². The highest BCUT2D eigenvalue weighted by Crippen LogP contribution is 2.27. The van der Waals surface area contributed by atoms with Crippen molar-refractivity contribution >= 4 is 22.7 Å². The summed E-state index contributed by atoms with van der Waals surface area (Å²) >= 11 is 1.66. The fourth-order valence-electron chi connectivity index (χ4n) is 3.42. The Bertz CT molecular complexity index is 964. The average molecular weight is 410 g/mol. The van der Waals surface area contributed by atoms with Gasteiger partial charge in [0.25, 0.3) is 5.69 Å². The van der Waals surface area contributed by atoms with Crippen molar-refractivity contribution in [3.05, 3.63) is 69.7 Å². The van der Waals surface area contributed by atoms with E-state index < -0.39 is 0 Å². The number of aromatic nitrogens is 1. The van der Waals surface area contributed by atoms with E-state index in [1.54, 1.807) is 30.6 Å². The molecule has 1 saturated heterocycles. The lowest BCUT2D eigenvalue weighted by Crippen LogP contribution is -2.46. The number of piperazine rings is 1. The van der Waals surface area contributed by atoms with E-state index in [9.17, 15) is 10.1 Å². The number of nitro benzene ring substituents is 1. The molecule has 1 aromatic heterocycles. The van der Waals surface area contributed by atoms with E-state index in [1.165, 1.54) is 0 Å². The van der Waals surface area contributed by atoms with Gasteiger partial charge in [0.05, 0.1) is 17.7 Å². The number of nitro groups is 1. The maximum Gasteiger partial charge on any atom is 0.269 e. The second-order valence-electron chi connectivity index (χ2n) is 6.91. The van der Waals surface area contributed by atoms with E-state index in [2.05, 4.69) is 15.2 Å². The third-order valence-corrected chi connectivity index (χ3v) is 6.01. The van der Waals surface area contributed by atoms with Gasteiger partial charge in [-0.1, -0.05) is 0 Å². The lowest BCUT2D eigenvalue weighted by atomic mass is 10.2. The molecule has 150 valence electrons. The van der Waals surface area contributed by atoms with E-state index in [-0.39, 0.29) is 10.6 Å². The Balaban J connectivity index is 1.32. The van der Waals surface area contributed by atoms with Crippen LogP contribution in [-0.4, -0.2) is 48.1 Å². The summed E-state index contributed by atoms with van der Waals surface area (Å²) in [6.07, 6.45) is 0. The number of hydrogen-bond donors (Lipinski definition) is 0. The molecule has 7 nitrogen and oxygen atoms in total. The summed E-state index contributed by atoms with van der Waals surface area (Å²) in [6.45, 7) is 4.50. The molecule has 0 amide bonds. The van der Waals surface area contributed by atoms with Crippen LogP contribution in [-0.2, 0) is 6.54 Å². The van der Waals surface area contributed by atoms with Crippen LogP contribution in [0, 0.1) is 10.1 Å². The number of thiazole rings is 1. The van der Waals surface area contributed by atoms with Gasteiger partial charge in [0.15, 0.2) is 0 Å². The van der Waals surface area contributed by atoms with Crippen LogP contribution in [0.2, 0.25) is 0 Å². The van der Waals surface area contributed by atoms with E-state index in [4.69, 9.17) is 9.72 Å². The van der Waals surface area contributed by atoms with Crippen LogP contribution in [0.1, 0.15) is 5.69 Å². The van der Waals surface area contributed by atoms with Crippen molar-refractivity contribution in [1.29, 1.82) is 0 Å². The number of hydrogen-bond acceptors (Lipinski definition) is 7. The van der Waals surface area contributed by atoms with E-state index >= 15 is 0 Å². The standard InChI is InChI=1S/C21H22N4O3S/c1-28-20-8-2-16(3-9-20)21-22-17(15-29-21)14-23-10-12-24(13-11-23)18-4-6-19(7-5-18)25(26)27/h2-9,15H,10-14H2,1H3. The Hall–Kier alpha value is -2.97. The van der Waals surface area contributed by atoms with E-state index in [1.807, 2.05) is 36.4 Å². The van der Waals surface area contributed by atoms with Gasteiger partial charge in [0.1, 0.15) is 10.8 Å². The predicted octanol–water partition coefficient (Wildman–Crippen LogP) is 4.05. The number of methoxy groups -OCH3 is 1. The molecule has 0 radical (unpaired) electrons. The summed E-state index contributed by atoms with van der Waals surface area (Å²) in [7, 11) is 1.66. The van der Waals surface area contributed by atoms with Gasteiger partial charge >= 0.3 is 0 Å². The van der Waals surface area contributed by atoms with Crippen LogP contribution in [0.5, 0.6) is 5.75 Å². The van der Waals surface area contributed by atoms with Crippen LogP contribution < -0.4 is 9.64 Å². The lowest BCUT2D eigenvalue weighted by molar-refractivity contribution is -0.384. The Kier molecular flexibility index (Phi) is 5.73. The molecule has 0 unspecified atom stereocenters. The van der Waals surface area contributed by atoms with Gasteiger partial charge in [-0.15, -0.1) is 11.3 Å². The van der Waals surface area contributed by atoms with Gasteiger partial charge in [0.2, 0.25) is 0 Å². The first-order valence-corrected chi connectivity index (χ1v) is 10.3. The zero-order valence-corrected chi connectivity index (χ0v) is 17.0. The number of ether oxygens (including phenoxy) is 1. The Morgan fingerprint density at radius 1 is 1.07 bits per heavy atom. The molecule has 2 aromatic carbocycles. The second-order valence-corrected chi connectivity index (χ2v) is 7.77. The molecule has 0 aliphatic carbocycles. The predicted molar refractivity (Wildman–Crippen MR) is 115 cm³/mol. The molecular formula is C21H22N4O3S. The monoisotopic (exact) mass is 410 g/mol. The molecule has 29 heavy (non-hydrogen) atoms. The van der Waals surface area contributed by atoms with Crippen LogP contribution in [0.15, 0.2) is 53.9 Å². The third-order valence-electron chi connectivity index (χ3n) is 5.07. The van der Waals surface area contributed by atoms with E-state index in [0.29, 0.717) is 0 Å².